The molecule has 1 unspecified atom stereocenters. The number of ether oxygens (including phenoxy) is 1. The van der Waals surface area contributed by atoms with E-state index >= 15 is 0 Å². The third-order valence-corrected chi connectivity index (χ3v) is 4.19. The zero-order chi connectivity index (χ0) is 17.1. The van der Waals surface area contributed by atoms with Gasteiger partial charge in [-0.1, -0.05) is 0 Å². The van der Waals surface area contributed by atoms with Gasteiger partial charge in [-0.05, 0) is 51.2 Å². The molecule has 0 bridgehead atoms. The predicted octanol–water partition coefficient (Wildman–Crippen LogP) is 3.69. The molecule has 0 amide bonds. The first-order valence-electron chi connectivity index (χ1n) is 6.99. The highest BCUT2D eigenvalue weighted by molar-refractivity contribution is 6.69. The van der Waals surface area contributed by atoms with Crippen LogP contribution in [-0.4, -0.2) is 26.3 Å². The SMILES string of the molecule is COC(=O)C(C)(C)C(O[Si](C)(C)C)c1ccc([N+](=O)[O-])cc1. The molecule has 122 valence electrons. The molecule has 0 N–H and O–H groups in total. The summed E-state index contributed by atoms with van der Waals surface area (Å²) < 4.78 is 11.1. The van der Waals surface area contributed by atoms with E-state index in [1.807, 2.05) is 19.6 Å². The Hall–Kier alpha value is -1.73. The van der Waals surface area contributed by atoms with Crippen molar-refractivity contribution in [3.8, 4) is 0 Å². The number of rotatable bonds is 6. The molecule has 0 fully saturated rings. The molecule has 0 radical (unpaired) electrons. The quantitative estimate of drug-likeness (QED) is 0.345. The van der Waals surface area contributed by atoms with Gasteiger partial charge in [0.05, 0.1) is 23.6 Å². The number of methoxy groups -OCH3 is 1. The summed E-state index contributed by atoms with van der Waals surface area (Å²) in [6, 6.07) is 6.10. The second kappa shape index (κ2) is 6.58. The number of benzene rings is 1. The van der Waals surface area contributed by atoms with E-state index in [1.165, 1.54) is 19.2 Å². The van der Waals surface area contributed by atoms with E-state index in [0.29, 0.717) is 0 Å². The van der Waals surface area contributed by atoms with E-state index in [1.54, 1.807) is 26.0 Å². The third-order valence-electron chi connectivity index (χ3n) is 3.25. The van der Waals surface area contributed by atoms with Crippen LogP contribution in [0.3, 0.4) is 0 Å². The van der Waals surface area contributed by atoms with E-state index in [4.69, 9.17) is 9.16 Å². The molecule has 0 aliphatic carbocycles. The van der Waals surface area contributed by atoms with Crippen molar-refractivity contribution >= 4 is 20.0 Å². The highest BCUT2D eigenvalue weighted by Crippen LogP contribution is 2.40. The van der Waals surface area contributed by atoms with Crippen molar-refractivity contribution in [3.63, 3.8) is 0 Å². The minimum atomic E-state index is -1.95. The first-order valence-corrected chi connectivity index (χ1v) is 10.4. The van der Waals surface area contributed by atoms with E-state index in [2.05, 4.69) is 0 Å². The van der Waals surface area contributed by atoms with Gasteiger partial charge in [-0.15, -0.1) is 0 Å². The number of hydrogen-bond donors (Lipinski definition) is 0. The van der Waals surface area contributed by atoms with Gasteiger partial charge >= 0.3 is 5.97 Å². The van der Waals surface area contributed by atoms with Crippen molar-refractivity contribution in [1.29, 1.82) is 0 Å². The Balaban J connectivity index is 3.26. The molecule has 6 nitrogen and oxygen atoms in total. The fourth-order valence-corrected chi connectivity index (χ4v) is 3.26. The Morgan fingerprint density at radius 3 is 2.09 bits per heavy atom. The first kappa shape index (κ1) is 18.3. The Labute approximate surface area is 131 Å². The van der Waals surface area contributed by atoms with Crippen LogP contribution in [0.2, 0.25) is 19.6 Å². The summed E-state index contributed by atoms with van der Waals surface area (Å²) in [5, 5.41) is 10.8. The summed E-state index contributed by atoms with van der Waals surface area (Å²) in [5.74, 6) is -0.380. The van der Waals surface area contributed by atoms with Gasteiger partial charge in [-0.2, -0.15) is 0 Å². The van der Waals surface area contributed by atoms with Gasteiger partial charge in [0.1, 0.15) is 0 Å². The minimum absolute atomic E-state index is 0.00591. The van der Waals surface area contributed by atoms with Crippen LogP contribution in [0.4, 0.5) is 5.69 Å². The van der Waals surface area contributed by atoms with Crippen molar-refractivity contribution in [2.24, 2.45) is 5.41 Å². The molecular formula is C15H23NO5Si. The smallest absolute Gasteiger partial charge is 0.314 e. The van der Waals surface area contributed by atoms with Crippen LogP contribution in [0.25, 0.3) is 0 Å². The molecule has 0 saturated heterocycles. The Bertz CT molecular complexity index is 548. The van der Waals surface area contributed by atoms with Crippen LogP contribution in [0.15, 0.2) is 24.3 Å². The molecule has 1 rings (SSSR count). The fraction of sp³-hybridized carbons (Fsp3) is 0.533. The summed E-state index contributed by atoms with van der Waals surface area (Å²) in [4.78, 5) is 22.4. The summed E-state index contributed by atoms with van der Waals surface area (Å²) in [7, 11) is -0.610. The summed E-state index contributed by atoms with van der Waals surface area (Å²) in [6.07, 6.45) is -0.521. The van der Waals surface area contributed by atoms with Crippen molar-refractivity contribution < 1.29 is 18.9 Å². The number of nitrogens with zero attached hydrogens (tertiary/aromatic N) is 1. The first-order chi connectivity index (χ1) is 9.99. The lowest BCUT2D eigenvalue weighted by Gasteiger charge is -2.36. The maximum Gasteiger partial charge on any atom is 0.314 e. The molecule has 7 heteroatoms. The minimum Gasteiger partial charge on any atom is -0.469 e. The molecule has 0 aliphatic rings. The molecule has 0 heterocycles. The second-order valence-corrected chi connectivity index (χ2v) is 11.1. The predicted molar refractivity (Wildman–Crippen MR) is 86.1 cm³/mol. The van der Waals surface area contributed by atoms with Gasteiger partial charge in [0.15, 0.2) is 8.32 Å². The summed E-state index contributed by atoms with van der Waals surface area (Å²) >= 11 is 0. The molecule has 22 heavy (non-hydrogen) atoms. The number of hydrogen-bond acceptors (Lipinski definition) is 5. The zero-order valence-electron chi connectivity index (χ0n) is 13.9. The lowest BCUT2D eigenvalue weighted by atomic mass is 9.82. The number of carbonyl (C=O) groups excluding carboxylic acids is 1. The molecule has 0 aliphatic heterocycles. The number of nitro groups is 1. The van der Waals surface area contributed by atoms with Crippen LogP contribution in [0, 0.1) is 15.5 Å². The van der Waals surface area contributed by atoms with E-state index in [9.17, 15) is 14.9 Å². The van der Waals surface area contributed by atoms with E-state index in [0.717, 1.165) is 5.56 Å². The third kappa shape index (κ3) is 4.38. The molecule has 0 aromatic heterocycles. The average molecular weight is 325 g/mol. The van der Waals surface area contributed by atoms with Gasteiger partial charge in [0, 0.05) is 12.1 Å². The van der Waals surface area contributed by atoms with Crippen LogP contribution in [0.1, 0.15) is 25.5 Å². The van der Waals surface area contributed by atoms with Gasteiger partial charge in [0.25, 0.3) is 5.69 Å². The van der Waals surface area contributed by atoms with Gasteiger partial charge in [-0.3, -0.25) is 14.9 Å². The maximum atomic E-state index is 12.1. The molecule has 0 spiro atoms. The van der Waals surface area contributed by atoms with Crippen LogP contribution < -0.4 is 0 Å². The Morgan fingerprint density at radius 1 is 1.23 bits per heavy atom. The van der Waals surface area contributed by atoms with E-state index in [-0.39, 0.29) is 11.7 Å². The van der Waals surface area contributed by atoms with Crippen molar-refractivity contribution in [1.82, 2.24) is 0 Å². The number of non-ortho nitro benzene ring substituents is 1. The normalized spacial score (nSPS) is 13.5. The van der Waals surface area contributed by atoms with Crippen LogP contribution in [-0.2, 0) is 14.0 Å². The van der Waals surface area contributed by atoms with Gasteiger partial charge in [0.2, 0.25) is 0 Å². The van der Waals surface area contributed by atoms with Crippen LogP contribution >= 0.6 is 0 Å². The van der Waals surface area contributed by atoms with Crippen LogP contribution in [0.5, 0.6) is 0 Å². The number of carbonyl (C=O) groups is 1. The average Bonchev–Trinajstić information content (AvgIpc) is 2.42. The lowest BCUT2D eigenvalue weighted by Crippen LogP contribution is -2.39. The largest absolute Gasteiger partial charge is 0.469 e. The zero-order valence-corrected chi connectivity index (χ0v) is 14.9. The molecule has 1 aromatic carbocycles. The Morgan fingerprint density at radius 2 is 1.73 bits per heavy atom. The molecule has 0 saturated carbocycles. The van der Waals surface area contributed by atoms with Gasteiger partial charge in [-0.25, -0.2) is 0 Å². The topological polar surface area (TPSA) is 78.7 Å². The highest BCUT2D eigenvalue weighted by Gasteiger charge is 2.42. The lowest BCUT2D eigenvalue weighted by molar-refractivity contribution is -0.384. The standard InChI is InChI=1S/C15H23NO5Si/c1-15(2,14(17)20-3)13(21-22(4,5)6)11-7-9-12(10-8-11)16(18)19/h7-10,13H,1-6H3. The van der Waals surface area contributed by atoms with Crippen molar-refractivity contribution in [2.75, 3.05) is 7.11 Å². The fourth-order valence-electron chi connectivity index (χ4n) is 2.13. The van der Waals surface area contributed by atoms with Gasteiger partial charge < -0.3 is 9.16 Å². The number of nitro benzene ring substituents is 1. The Kier molecular flexibility index (Phi) is 5.48. The second-order valence-electron chi connectivity index (χ2n) is 6.67. The molecular weight excluding hydrogens is 302 g/mol. The van der Waals surface area contributed by atoms with Crippen molar-refractivity contribution in [3.05, 3.63) is 39.9 Å². The van der Waals surface area contributed by atoms with Crippen molar-refractivity contribution in [2.45, 2.75) is 39.6 Å². The van der Waals surface area contributed by atoms with E-state index < -0.39 is 24.8 Å². The molecule has 1 atom stereocenters. The highest BCUT2D eigenvalue weighted by atomic mass is 28.4. The summed E-state index contributed by atoms with van der Waals surface area (Å²) in [5.41, 5.74) is -0.166. The number of esters is 1. The maximum absolute atomic E-state index is 12.1. The molecule has 1 aromatic rings. The summed E-state index contributed by atoms with van der Waals surface area (Å²) in [6.45, 7) is 9.59. The monoisotopic (exact) mass is 325 g/mol.